The van der Waals surface area contributed by atoms with E-state index in [1.807, 2.05) is 5.32 Å². The molecule has 0 saturated heterocycles. The number of nitrogen functional groups attached to an aromatic ring is 1. The van der Waals surface area contributed by atoms with E-state index >= 15 is 0 Å². The number of nitrogens with two attached hydrogens (primary N) is 1. The Morgan fingerprint density at radius 3 is 2.65 bits per heavy atom. The number of nitrogens with one attached hydrogen (secondary N) is 2. The topological polar surface area (TPSA) is 102 Å². The lowest BCUT2D eigenvalue weighted by molar-refractivity contribution is -0.178. The number of aromatic nitrogens is 2. The Labute approximate surface area is 175 Å². The van der Waals surface area contributed by atoms with Crippen LogP contribution in [-0.4, -0.2) is 21.8 Å². The number of fused-ring (bicyclic) bond motifs is 1. The summed E-state index contributed by atoms with van der Waals surface area (Å²) in [7, 11) is 0. The third-order valence-corrected chi connectivity index (χ3v) is 5.53. The van der Waals surface area contributed by atoms with Gasteiger partial charge in [0.15, 0.2) is 5.82 Å². The van der Waals surface area contributed by atoms with Gasteiger partial charge in [-0.05, 0) is 38.3 Å². The minimum atomic E-state index is -4.83. The third kappa shape index (κ3) is 3.60. The predicted molar refractivity (Wildman–Crippen MR) is 108 cm³/mol. The molecule has 1 aromatic carbocycles. The minimum Gasteiger partial charge on any atom is -0.379 e. The highest BCUT2D eigenvalue weighted by atomic mass is 19.4. The van der Waals surface area contributed by atoms with Gasteiger partial charge in [-0.2, -0.15) is 13.2 Å². The zero-order valence-corrected chi connectivity index (χ0v) is 16.9. The number of hydrogen-bond donors (Lipinski definition) is 3. The molecule has 162 valence electrons. The maximum Gasteiger partial charge on any atom is 0.427 e. The van der Waals surface area contributed by atoms with Crippen LogP contribution in [0.15, 0.2) is 23.0 Å². The maximum absolute atomic E-state index is 14.2. The average molecular weight is 431 g/mol. The van der Waals surface area contributed by atoms with E-state index in [-0.39, 0.29) is 29.5 Å². The second-order valence-corrected chi connectivity index (χ2v) is 7.81. The number of anilines is 2. The highest BCUT2D eigenvalue weighted by molar-refractivity contribution is 5.95. The second-order valence-electron chi connectivity index (χ2n) is 7.81. The number of hydrogen-bond acceptors (Lipinski definition) is 4. The Morgan fingerprint density at radius 2 is 2.00 bits per heavy atom. The van der Waals surface area contributed by atoms with Crippen molar-refractivity contribution in [2.45, 2.75) is 44.9 Å². The van der Waals surface area contributed by atoms with E-state index in [4.69, 9.17) is 5.73 Å². The van der Waals surface area contributed by atoms with Crippen molar-refractivity contribution in [2.24, 2.45) is 5.92 Å². The summed E-state index contributed by atoms with van der Waals surface area (Å²) in [6.07, 6.45) is -3.32. The molecule has 0 unspecified atom stereocenters. The van der Waals surface area contributed by atoms with E-state index in [1.54, 1.807) is 13.8 Å². The minimum absolute atomic E-state index is 0.00637. The molecule has 1 aromatic heterocycles. The number of alkyl halides is 3. The number of benzene rings is 1. The molecular formula is C21H20F3N5O2. The van der Waals surface area contributed by atoms with Gasteiger partial charge in [0.25, 0.3) is 5.56 Å². The van der Waals surface area contributed by atoms with Crippen LogP contribution in [0.1, 0.15) is 35.4 Å². The molecular weight excluding hydrogens is 411 g/mol. The van der Waals surface area contributed by atoms with Crippen LogP contribution < -0.4 is 21.9 Å². The maximum atomic E-state index is 14.2. The van der Waals surface area contributed by atoms with E-state index in [0.29, 0.717) is 17.0 Å². The van der Waals surface area contributed by atoms with Crippen LogP contribution in [0, 0.1) is 31.6 Å². The number of aryl methyl sites for hydroxylation is 1. The van der Waals surface area contributed by atoms with E-state index in [9.17, 15) is 22.8 Å². The largest absolute Gasteiger partial charge is 0.427 e. The fraction of sp³-hybridized carbons (Fsp3) is 0.381. The standard InChI is InChI=1S/C21H20F3N5O2/c1-11-12(2)29(18(30)17(25)26-11)10-14-5-6-15-16(9-14)27-19(31)28-20(15,21(22,23)24)8-7-13-3-4-13/h5-6,9,13H,3-4,10H2,1-2H3,(H2,25,26)(H2,27,28,31)/t20-/m0/s1. The highest BCUT2D eigenvalue weighted by Gasteiger charge is 2.59. The second kappa shape index (κ2) is 7.04. The molecule has 0 bridgehead atoms. The van der Waals surface area contributed by atoms with Crippen LogP contribution in [0.5, 0.6) is 0 Å². The van der Waals surface area contributed by atoms with Crippen molar-refractivity contribution in [3.05, 3.63) is 51.1 Å². The fourth-order valence-electron chi connectivity index (χ4n) is 3.51. The molecule has 4 N–H and O–H groups in total. The average Bonchev–Trinajstić information content (AvgIpc) is 3.51. The van der Waals surface area contributed by atoms with Crippen molar-refractivity contribution in [3.63, 3.8) is 0 Å². The molecule has 10 heteroatoms. The van der Waals surface area contributed by atoms with Gasteiger partial charge >= 0.3 is 12.2 Å². The Kier molecular flexibility index (Phi) is 4.72. The third-order valence-electron chi connectivity index (χ3n) is 5.53. The van der Waals surface area contributed by atoms with Gasteiger partial charge in [-0.25, -0.2) is 9.78 Å². The summed E-state index contributed by atoms with van der Waals surface area (Å²) in [6, 6.07) is 3.19. The number of nitrogens with zero attached hydrogens (tertiary/aromatic N) is 2. The number of urea groups is 1. The van der Waals surface area contributed by atoms with Gasteiger partial charge in [-0.1, -0.05) is 24.0 Å². The first-order chi connectivity index (χ1) is 14.5. The van der Waals surface area contributed by atoms with Crippen molar-refractivity contribution in [2.75, 3.05) is 11.1 Å². The van der Waals surface area contributed by atoms with Gasteiger partial charge in [0.1, 0.15) is 0 Å². The Morgan fingerprint density at radius 1 is 1.29 bits per heavy atom. The molecule has 2 aromatic rings. The van der Waals surface area contributed by atoms with Crippen LogP contribution in [0.25, 0.3) is 0 Å². The first-order valence-corrected chi connectivity index (χ1v) is 9.67. The van der Waals surface area contributed by atoms with Gasteiger partial charge in [0.05, 0.1) is 12.2 Å². The zero-order valence-electron chi connectivity index (χ0n) is 16.9. The first-order valence-electron chi connectivity index (χ1n) is 9.67. The SMILES string of the molecule is Cc1nc(N)c(=O)n(Cc2ccc3c(c2)NC(=O)N[C@]3(C#CC2CC2)C(F)(F)F)c1C. The Balaban J connectivity index is 1.80. The molecule has 2 aliphatic rings. The van der Waals surface area contributed by atoms with Crippen LogP contribution >= 0.6 is 0 Å². The van der Waals surface area contributed by atoms with Crippen molar-refractivity contribution < 1.29 is 18.0 Å². The lowest BCUT2D eigenvalue weighted by atomic mass is 9.85. The van der Waals surface area contributed by atoms with E-state index in [2.05, 4.69) is 22.1 Å². The van der Waals surface area contributed by atoms with Crippen molar-refractivity contribution in [3.8, 4) is 11.8 Å². The summed E-state index contributed by atoms with van der Waals surface area (Å²) in [5, 5.41) is 4.41. The molecule has 1 fully saturated rings. The van der Waals surface area contributed by atoms with Crippen LogP contribution in [-0.2, 0) is 12.1 Å². The summed E-state index contributed by atoms with van der Waals surface area (Å²) in [6.45, 7) is 3.47. The van der Waals surface area contributed by atoms with E-state index in [1.165, 1.54) is 22.8 Å². The van der Waals surface area contributed by atoms with Crippen LogP contribution in [0.4, 0.5) is 29.5 Å². The Hall–Kier alpha value is -3.48. The molecule has 1 aliphatic heterocycles. The van der Waals surface area contributed by atoms with Crippen LogP contribution in [0.3, 0.4) is 0 Å². The fourth-order valence-corrected chi connectivity index (χ4v) is 3.51. The van der Waals surface area contributed by atoms with Gasteiger partial charge in [0, 0.05) is 22.9 Å². The molecule has 4 rings (SSSR count). The molecule has 7 nitrogen and oxygen atoms in total. The number of rotatable bonds is 2. The van der Waals surface area contributed by atoms with Crippen molar-refractivity contribution in [1.82, 2.24) is 14.9 Å². The first kappa shape index (κ1) is 20.8. The Bertz CT molecular complexity index is 1200. The summed E-state index contributed by atoms with van der Waals surface area (Å²) < 4.78 is 43.8. The lowest BCUT2D eigenvalue weighted by Crippen LogP contribution is -2.59. The van der Waals surface area contributed by atoms with Gasteiger partial charge in [-0.15, -0.1) is 0 Å². The number of amides is 2. The number of carbonyl (C=O) groups excluding carboxylic acids is 1. The predicted octanol–water partition coefficient (Wildman–Crippen LogP) is 2.80. The van der Waals surface area contributed by atoms with Crippen molar-refractivity contribution >= 4 is 17.5 Å². The lowest BCUT2D eigenvalue weighted by Gasteiger charge is -2.37. The van der Waals surface area contributed by atoms with E-state index < -0.39 is 23.3 Å². The van der Waals surface area contributed by atoms with Gasteiger partial charge in [0.2, 0.25) is 5.54 Å². The molecule has 1 aliphatic carbocycles. The van der Waals surface area contributed by atoms with Gasteiger partial charge < -0.3 is 20.9 Å². The molecule has 31 heavy (non-hydrogen) atoms. The monoisotopic (exact) mass is 431 g/mol. The quantitative estimate of drug-likeness (QED) is 0.637. The number of carbonyl (C=O) groups is 1. The summed E-state index contributed by atoms with van der Waals surface area (Å²) in [4.78, 5) is 28.5. The molecule has 1 atom stereocenters. The smallest absolute Gasteiger partial charge is 0.379 e. The van der Waals surface area contributed by atoms with Crippen molar-refractivity contribution in [1.29, 1.82) is 0 Å². The molecule has 2 heterocycles. The molecule has 1 saturated carbocycles. The number of halogens is 3. The normalized spacial score (nSPS) is 20.2. The summed E-state index contributed by atoms with van der Waals surface area (Å²) >= 11 is 0. The molecule has 0 spiro atoms. The van der Waals surface area contributed by atoms with Crippen LogP contribution in [0.2, 0.25) is 0 Å². The zero-order chi connectivity index (χ0) is 22.6. The van der Waals surface area contributed by atoms with Gasteiger partial charge in [-0.3, -0.25) is 4.79 Å². The highest BCUT2D eigenvalue weighted by Crippen LogP contribution is 2.44. The molecule has 2 amide bonds. The molecule has 0 radical (unpaired) electrons. The summed E-state index contributed by atoms with van der Waals surface area (Å²) in [5.74, 6) is 4.70. The summed E-state index contributed by atoms with van der Waals surface area (Å²) in [5.41, 5.74) is 3.85. The van der Waals surface area contributed by atoms with E-state index in [0.717, 1.165) is 12.8 Å².